The number of nitrogens with zero attached hydrogens (tertiary/aromatic N) is 2. The molecule has 0 bridgehead atoms. The lowest BCUT2D eigenvalue weighted by Gasteiger charge is -2.05. The van der Waals surface area contributed by atoms with Crippen molar-refractivity contribution in [2.75, 3.05) is 24.7 Å². The van der Waals surface area contributed by atoms with Crippen LogP contribution in [0.15, 0.2) is 36.4 Å². The van der Waals surface area contributed by atoms with Crippen molar-refractivity contribution in [3.63, 3.8) is 0 Å². The highest BCUT2D eigenvalue weighted by Gasteiger charge is 2.07. The predicted molar refractivity (Wildman–Crippen MR) is 76.4 cm³/mol. The summed E-state index contributed by atoms with van der Waals surface area (Å²) in [6.07, 6.45) is 0.848. The highest BCUT2D eigenvalue weighted by molar-refractivity contribution is 5.86. The van der Waals surface area contributed by atoms with Gasteiger partial charge in [0.05, 0.1) is 7.11 Å². The van der Waals surface area contributed by atoms with Crippen molar-refractivity contribution in [1.82, 2.24) is 10.2 Å². The molecule has 6 nitrogen and oxygen atoms in total. The molecule has 2 rings (SSSR count). The fourth-order valence-corrected chi connectivity index (χ4v) is 1.66. The molecule has 0 atom stereocenters. The highest BCUT2D eigenvalue weighted by Crippen LogP contribution is 2.07. The zero-order valence-corrected chi connectivity index (χ0v) is 11.2. The van der Waals surface area contributed by atoms with Gasteiger partial charge in [0.25, 0.3) is 0 Å². The Morgan fingerprint density at radius 2 is 1.95 bits per heavy atom. The lowest BCUT2D eigenvalue weighted by atomic mass is 10.1. The standard InChI is InChI=1S/C14H16N4O2/c1-20-14(19)12-6-7-13(18-17-12)16-9-8-10-2-4-11(15)5-3-10/h2-7H,8-9,15H2,1H3,(H,16,18). The maximum absolute atomic E-state index is 11.2. The van der Waals surface area contributed by atoms with Gasteiger partial charge < -0.3 is 15.8 Å². The minimum atomic E-state index is -0.495. The van der Waals surface area contributed by atoms with Gasteiger partial charge in [-0.2, -0.15) is 0 Å². The summed E-state index contributed by atoms with van der Waals surface area (Å²) in [5.41, 5.74) is 7.76. The van der Waals surface area contributed by atoms with Gasteiger partial charge in [-0.15, -0.1) is 10.2 Å². The molecular weight excluding hydrogens is 256 g/mol. The molecular formula is C14H16N4O2. The average Bonchev–Trinajstić information content (AvgIpc) is 2.49. The van der Waals surface area contributed by atoms with Gasteiger partial charge in [0.1, 0.15) is 5.82 Å². The van der Waals surface area contributed by atoms with Gasteiger partial charge in [0.2, 0.25) is 0 Å². The molecule has 20 heavy (non-hydrogen) atoms. The Morgan fingerprint density at radius 1 is 1.20 bits per heavy atom. The van der Waals surface area contributed by atoms with Gasteiger partial charge >= 0.3 is 5.97 Å². The number of aromatic nitrogens is 2. The molecule has 0 spiro atoms. The third-order valence-electron chi connectivity index (χ3n) is 2.76. The van der Waals surface area contributed by atoms with Crippen LogP contribution in [0.2, 0.25) is 0 Å². The summed E-state index contributed by atoms with van der Waals surface area (Å²) < 4.78 is 4.55. The molecule has 6 heteroatoms. The summed E-state index contributed by atoms with van der Waals surface area (Å²) in [6.45, 7) is 0.718. The quantitative estimate of drug-likeness (QED) is 0.633. The summed E-state index contributed by atoms with van der Waals surface area (Å²) in [7, 11) is 1.31. The third-order valence-corrected chi connectivity index (χ3v) is 2.76. The maximum atomic E-state index is 11.2. The van der Waals surface area contributed by atoms with Gasteiger partial charge in [-0.25, -0.2) is 4.79 Å². The second kappa shape index (κ2) is 6.51. The van der Waals surface area contributed by atoms with Crippen molar-refractivity contribution in [3.05, 3.63) is 47.7 Å². The lowest BCUT2D eigenvalue weighted by molar-refractivity contribution is 0.0593. The van der Waals surface area contributed by atoms with E-state index in [1.54, 1.807) is 12.1 Å². The summed E-state index contributed by atoms with van der Waals surface area (Å²) in [6, 6.07) is 11.0. The number of anilines is 2. The molecule has 0 unspecified atom stereocenters. The van der Waals surface area contributed by atoms with E-state index >= 15 is 0 Å². The molecule has 1 aromatic heterocycles. The van der Waals surface area contributed by atoms with Crippen LogP contribution in [0.1, 0.15) is 16.1 Å². The van der Waals surface area contributed by atoms with Crippen LogP contribution in [0.3, 0.4) is 0 Å². The molecule has 1 heterocycles. The van der Waals surface area contributed by atoms with Crippen molar-refractivity contribution in [3.8, 4) is 0 Å². The topological polar surface area (TPSA) is 90.1 Å². The number of nitrogens with two attached hydrogens (primary N) is 1. The van der Waals surface area contributed by atoms with Crippen LogP contribution in [-0.4, -0.2) is 29.8 Å². The van der Waals surface area contributed by atoms with Crippen LogP contribution in [0.5, 0.6) is 0 Å². The third kappa shape index (κ3) is 3.68. The van der Waals surface area contributed by atoms with E-state index in [0.29, 0.717) is 5.82 Å². The fourth-order valence-electron chi connectivity index (χ4n) is 1.66. The Kier molecular flexibility index (Phi) is 4.49. The van der Waals surface area contributed by atoms with Crippen LogP contribution in [0.25, 0.3) is 0 Å². The Labute approximate surface area is 117 Å². The molecule has 1 aromatic carbocycles. The molecule has 0 fully saturated rings. The van der Waals surface area contributed by atoms with Crippen LogP contribution >= 0.6 is 0 Å². The number of methoxy groups -OCH3 is 1. The van der Waals surface area contributed by atoms with Crippen molar-refractivity contribution in [1.29, 1.82) is 0 Å². The number of esters is 1. The smallest absolute Gasteiger partial charge is 0.358 e. The van der Waals surface area contributed by atoms with E-state index in [-0.39, 0.29) is 5.69 Å². The summed E-state index contributed by atoms with van der Waals surface area (Å²) in [5.74, 6) is 0.124. The summed E-state index contributed by atoms with van der Waals surface area (Å²) in [5, 5.41) is 10.8. The van der Waals surface area contributed by atoms with Crippen LogP contribution < -0.4 is 11.1 Å². The minimum Gasteiger partial charge on any atom is -0.464 e. The first-order valence-electron chi connectivity index (χ1n) is 6.19. The lowest BCUT2D eigenvalue weighted by Crippen LogP contribution is -2.10. The van der Waals surface area contributed by atoms with Gasteiger partial charge in [-0.1, -0.05) is 12.1 Å². The number of nitrogens with one attached hydrogen (secondary N) is 1. The Hall–Kier alpha value is -2.63. The number of nitrogen functional groups attached to an aromatic ring is 1. The molecule has 0 aliphatic rings. The first-order chi connectivity index (χ1) is 9.69. The zero-order valence-electron chi connectivity index (χ0n) is 11.2. The fraction of sp³-hybridized carbons (Fsp3) is 0.214. The average molecular weight is 272 g/mol. The summed E-state index contributed by atoms with van der Waals surface area (Å²) in [4.78, 5) is 11.2. The molecule has 0 aliphatic carbocycles. The number of carbonyl (C=O) groups excluding carboxylic acids is 1. The SMILES string of the molecule is COC(=O)c1ccc(NCCc2ccc(N)cc2)nn1. The Morgan fingerprint density at radius 3 is 2.55 bits per heavy atom. The normalized spacial score (nSPS) is 10.1. The van der Waals surface area contributed by atoms with E-state index in [4.69, 9.17) is 5.73 Å². The molecule has 3 N–H and O–H groups in total. The summed E-state index contributed by atoms with van der Waals surface area (Å²) >= 11 is 0. The van der Waals surface area contributed by atoms with Gasteiger partial charge in [0, 0.05) is 12.2 Å². The van der Waals surface area contributed by atoms with Gasteiger partial charge in [-0.3, -0.25) is 0 Å². The second-order valence-corrected chi connectivity index (χ2v) is 4.21. The number of benzene rings is 1. The predicted octanol–water partition coefficient (Wildman–Crippen LogP) is 1.50. The number of ether oxygens (including phenoxy) is 1. The zero-order chi connectivity index (χ0) is 14.4. The van der Waals surface area contributed by atoms with Crippen molar-refractivity contribution in [2.24, 2.45) is 0 Å². The number of hydrogen-bond acceptors (Lipinski definition) is 6. The molecule has 0 aliphatic heterocycles. The van der Waals surface area contributed by atoms with Crippen molar-refractivity contribution < 1.29 is 9.53 Å². The first-order valence-corrected chi connectivity index (χ1v) is 6.19. The molecule has 104 valence electrons. The van der Waals surface area contributed by atoms with E-state index in [9.17, 15) is 4.79 Å². The Balaban J connectivity index is 1.85. The van der Waals surface area contributed by atoms with Crippen LogP contribution in [0, 0.1) is 0 Å². The molecule has 0 saturated heterocycles. The van der Waals surface area contributed by atoms with Crippen molar-refractivity contribution >= 4 is 17.5 Å². The van der Waals surface area contributed by atoms with E-state index in [1.807, 2.05) is 24.3 Å². The maximum Gasteiger partial charge on any atom is 0.358 e. The molecule has 0 amide bonds. The molecule has 2 aromatic rings. The van der Waals surface area contributed by atoms with E-state index in [2.05, 4.69) is 20.3 Å². The largest absolute Gasteiger partial charge is 0.464 e. The first kappa shape index (κ1) is 13.8. The van der Waals surface area contributed by atoms with E-state index in [1.165, 1.54) is 12.7 Å². The van der Waals surface area contributed by atoms with Gasteiger partial charge in [0.15, 0.2) is 5.69 Å². The molecule has 0 radical (unpaired) electrons. The number of carbonyl (C=O) groups is 1. The van der Waals surface area contributed by atoms with Crippen LogP contribution in [0.4, 0.5) is 11.5 Å². The highest BCUT2D eigenvalue weighted by atomic mass is 16.5. The second-order valence-electron chi connectivity index (χ2n) is 4.21. The number of rotatable bonds is 5. The molecule has 0 saturated carbocycles. The monoisotopic (exact) mass is 272 g/mol. The Bertz CT molecular complexity index is 567. The van der Waals surface area contributed by atoms with E-state index in [0.717, 1.165) is 18.7 Å². The van der Waals surface area contributed by atoms with Crippen LogP contribution in [-0.2, 0) is 11.2 Å². The number of hydrogen-bond donors (Lipinski definition) is 2. The van der Waals surface area contributed by atoms with E-state index < -0.39 is 5.97 Å². The van der Waals surface area contributed by atoms with Crippen molar-refractivity contribution in [2.45, 2.75) is 6.42 Å². The minimum absolute atomic E-state index is 0.191. The van der Waals surface area contributed by atoms with Gasteiger partial charge in [-0.05, 0) is 36.2 Å².